The Bertz CT molecular complexity index is 371. The second-order valence-electron chi connectivity index (χ2n) is 5.20. The van der Waals surface area contributed by atoms with E-state index in [9.17, 15) is 0 Å². The highest BCUT2D eigenvalue weighted by atomic mass is 16.5. The summed E-state index contributed by atoms with van der Waals surface area (Å²) in [6.45, 7) is 8.17. The van der Waals surface area contributed by atoms with E-state index < -0.39 is 0 Å². The van der Waals surface area contributed by atoms with Gasteiger partial charge in [0.25, 0.3) is 0 Å². The summed E-state index contributed by atoms with van der Waals surface area (Å²) in [6.07, 6.45) is 2.79. The molecule has 1 aromatic carbocycles. The van der Waals surface area contributed by atoms with E-state index in [0.29, 0.717) is 6.04 Å². The molecule has 2 rings (SSSR count). The third-order valence-corrected chi connectivity index (χ3v) is 3.49. The van der Waals surface area contributed by atoms with Crippen LogP contribution in [0.2, 0.25) is 0 Å². The van der Waals surface area contributed by atoms with Crippen molar-refractivity contribution >= 4 is 0 Å². The zero-order chi connectivity index (χ0) is 12.3. The maximum absolute atomic E-state index is 5.78. The van der Waals surface area contributed by atoms with Gasteiger partial charge in [0.15, 0.2) is 0 Å². The molecule has 0 aliphatic heterocycles. The molecule has 2 heteroatoms. The lowest BCUT2D eigenvalue weighted by Gasteiger charge is -2.14. The second kappa shape index (κ2) is 5.54. The number of benzene rings is 1. The first-order valence-electron chi connectivity index (χ1n) is 6.60. The highest BCUT2D eigenvalue weighted by Crippen LogP contribution is 2.32. The predicted octanol–water partition coefficient (Wildman–Crippen LogP) is 3.07. The highest BCUT2D eigenvalue weighted by Gasteiger charge is 2.27. The standard InChI is InChI=1S/C15H23NO/c1-11-4-7-15(12(2)10-11)17-9-8-16-13(3)14-5-6-14/h4,7,10,13-14,16H,5-6,8-9H2,1-3H3. The van der Waals surface area contributed by atoms with Crippen LogP contribution < -0.4 is 10.1 Å². The fourth-order valence-corrected chi connectivity index (χ4v) is 2.17. The molecule has 1 aromatic rings. The smallest absolute Gasteiger partial charge is 0.122 e. The van der Waals surface area contributed by atoms with Gasteiger partial charge in [0.2, 0.25) is 0 Å². The summed E-state index contributed by atoms with van der Waals surface area (Å²) in [5.41, 5.74) is 2.51. The van der Waals surface area contributed by atoms with Crippen molar-refractivity contribution in [2.24, 2.45) is 5.92 Å². The Balaban J connectivity index is 1.70. The van der Waals surface area contributed by atoms with E-state index in [1.807, 2.05) is 0 Å². The molecular formula is C15H23NO. The molecule has 94 valence electrons. The van der Waals surface area contributed by atoms with Crippen molar-refractivity contribution < 1.29 is 4.74 Å². The number of nitrogens with one attached hydrogen (secondary N) is 1. The average molecular weight is 233 g/mol. The Hall–Kier alpha value is -1.02. The minimum Gasteiger partial charge on any atom is -0.492 e. The van der Waals surface area contributed by atoms with E-state index in [1.54, 1.807) is 0 Å². The number of hydrogen-bond acceptors (Lipinski definition) is 2. The first-order valence-corrected chi connectivity index (χ1v) is 6.60. The Labute approximate surface area is 104 Å². The van der Waals surface area contributed by atoms with Gasteiger partial charge in [0.1, 0.15) is 12.4 Å². The lowest BCUT2D eigenvalue weighted by atomic mass is 10.1. The fourth-order valence-electron chi connectivity index (χ4n) is 2.17. The molecule has 1 saturated carbocycles. The molecule has 1 aliphatic rings. The van der Waals surface area contributed by atoms with Crippen LogP contribution in [0.4, 0.5) is 0 Å². The molecule has 0 radical (unpaired) electrons. The molecular weight excluding hydrogens is 210 g/mol. The third kappa shape index (κ3) is 3.74. The molecule has 0 saturated heterocycles. The zero-order valence-corrected chi connectivity index (χ0v) is 11.1. The van der Waals surface area contributed by atoms with Crippen LogP contribution >= 0.6 is 0 Å². The Morgan fingerprint density at radius 2 is 2.12 bits per heavy atom. The molecule has 0 heterocycles. The van der Waals surface area contributed by atoms with Gasteiger partial charge >= 0.3 is 0 Å². The highest BCUT2D eigenvalue weighted by molar-refractivity contribution is 5.35. The summed E-state index contributed by atoms with van der Waals surface area (Å²) < 4.78 is 5.78. The van der Waals surface area contributed by atoms with Crippen LogP contribution in [-0.4, -0.2) is 19.2 Å². The van der Waals surface area contributed by atoms with Gasteiger partial charge in [-0.3, -0.25) is 0 Å². The Morgan fingerprint density at radius 1 is 1.35 bits per heavy atom. The van der Waals surface area contributed by atoms with Crippen molar-refractivity contribution in [2.75, 3.05) is 13.2 Å². The number of hydrogen-bond donors (Lipinski definition) is 1. The monoisotopic (exact) mass is 233 g/mol. The maximum atomic E-state index is 5.78. The molecule has 1 atom stereocenters. The lowest BCUT2D eigenvalue weighted by molar-refractivity contribution is 0.301. The third-order valence-electron chi connectivity index (χ3n) is 3.49. The largest absolute Gasteiger partial charge is 0.492 e. The van der Waals surface area contributed by atoms with E-state index in [-0.39, 0.29) is 0 Å². The van der Waals surface area contributed by atoms with Crippen LogP contribution in [0.25, 0.3) is 0 Å². The first kappa shape index (κ1) is 12.4. The van der Waals surface area contributed by atoms with Gasteiger partial charge in [-0.25, -0.2) is 0 Å². The summed E-state index contributed by atoms with van der Waals surface area (Å²) in [4.78, 5) is 0. The van der Waals surface area contributed by atoms with Crippen LogP contribution in [0, 0.1) is 19.8 Å². The van der Waals surface area contributed by atoms with Crippen LogP contribution in [0.3, 0.4) is 0 Å². The van der Waals surface area contributed by atoms with E-state index in [1.165, 1.54) is 24.0 Å². The summed E-state index contributed by atoms with van der Waals surface area (Å²) >= 11 is 0. The SMILES string of the molecule is Cc1ccc(OCCNC(C)C2CC2)c(C)c1. The number of ether oxygens (including phenoxy) is 1. The van der Waals surface area contributed by atoms with Crippen molar-refractivity contribution in [1.29, 1.82) is 0 Å². The van der Waals surface area contributed by atoms with Crippen molar-refractivity contribution in [2.45, 2.75) is 39.7 Å². The van der Waals surface area contributed by atoms with Crippen LogP contribution in [-0.2, 0) is 0 Å². The van der Waals surface area contributed by atoms with Crippen molar-refractivity contribution in [1.82, 2.24) is 5.32 Å². The number of aryl methyl sites for hydroxylation is 2. The quantitative estimate of drug-likeness (QED) is 0.762. The van der Waals surface area contributed by atoms with Gasteiger partial charge in [0, 0.05) is 12.6 Å². The minimum absolute atomic E-state index is 0.651. The zero-order valence-electron chi connectivity index (χ0n) is 11.1. The molecule has 1 aliphatic carbocycles. The molecule has 0 bridgehead atoms. The minimum atomic E-state index is 0.651. The van der Waals surface area contributed by atoms with Gasteiger partial charge in [0.05, 0.1) is 0 Å². The molecule has 17 heavy (non-hydrogen) atoms. The normalized spacial score (nSPS) is 16.9. The van der Waals surface area contributed by atoms with E-state index in [0.717, 1.165) is 24.8 Å². The van der Waals surface area contributed by atoms with Crippen LogP contribution in [0.5, 0.6) is 5.75 Å². The van der Waals surface area contributed by atoms with E-state index in [2.05, 4.69) is 44.3 Å². The van der Waals surface area contributed by atoms with Gasteiger partial charge in [-0.15, -0.1) is 0 Å². The average Bonchev–Trinajstić information content (AvgIpc) is 3.10. The van der Waals surface area contributed by atoms with E-state index >= 15 is 0 Å². The molecule has 1 N–H and O–H groups in total. The van der Waals surface area contributed by atoms with Gasteiger partial charge in [-0.05, 0) is 51.2 Å². The summed E-state index contributed by atoms with van der Waals surface area (Å²) in [7, 11) is 0. The first-order chi connectivity index (χ1) is 8.16. The molecule has 0 spiro atoms. The van der Waals surface area contributed by atoms with Gasteiger partial charge < -0.3 is 10.1 Å². The van der Waals surface area contributed by atoms with E-state index in [4.69, 9.17) is 4.74 Å². The number of rotatable bonds is 6. The van der Waals surface area contributed by atoms with Crippen molar-refractivity contribution in [3.63, 3.8) is 0 Å². The topological polar surface area (TPSA) is 21.3 Å². The van der Waals surface area contributed by atoms with Gasteiger partial charge in [-0.2, -0.15) is 0 Å². The summed E-state index contributed by atoms with van der Waals surface area (Å²) in [5, 5.41) is 3.52. The molecule has 2 nitrogen and oxygen atoms in total. The lowest BCUT2D eigenvalue weighted by Crippen LogP contribution is -2.31. The Morgan fingerprint density at radius 3 is 2.76 bits per heavy atom. The second-order valence-corrected chi connectivity index (χ2v) is 5.20. The summed E-state index contributed by atoms with van der Waals surface area (Å²) in [5.74, 6) is 1.92. The molecule has 0 aromatic heterocycles. The van der Waals surface area contributed by atoms with Crippen LogP contribution in [0.1, 0.15) is 30.9 Å². The summed E-state index contributed by atoms with van der Waals surface area (Å²) in [6, 6.07) is 6.98. The fraction of sp³-hybridized carbons (Fsp3) is 0.600. The molecule has 0 amide bonds. The van der Waals surface area contributed by atoms with Crippen molar-refractivity contribution in [3.05, 3.63) is 29.3 Å². The molecule has 1 unspecified atom stereocenters. The van der Waals surface area contributed by atoms with Crippen LogP contribution in [0.15, 0.2) is 18.2 Å². The van der Waals surface area contributed by atoms with Crippen molar-refractivity contribution in [3.8, 4) is 5.75 Å². The molecule has 1 fully saturated rings. The maximum Gasteiger partial charge on any atom is 0.122 e. The van der Waals surface area contributed by atoms with Gasteiger partial charge in [-0.1, -0.05) is 17.7 Å². The Kier molecular flexibility index (Phi) is 4.06. The predicted molar refractivity (Wildman–Crippen MR) is 71.6 cm³/mol.